The van der Waals surface area contributed by atoms with Crippen molar-refractivity contribution in [2.75, 3.05) is 20.2 Å². The van der Waals surface area contributed by atoms with E-state index in [4.69, 9.17) is 4.74 Å². The molecule has 0 spiro atoms. The van der Waals surface area contributed by atoms with E-state index in [9.17, 15) is 5.11 Å². The second-order valence-electron chi connectivity index (χ2n) is 4.80. The van der Waals surface area contributed by atoms with Gasteiger partial charge in [-0.15, -0.1) is 0 Å². The summed E-state index contributed by atoms with van der Waals surface area (Å²) < 4.78 is 5.15. The van der Waals surface area contributed by atoms with Crippen LogP contribution in [0.5, 0.6) is 5.75 Å². The van der Waals surface area contributed by atoms with Crippen molar-refractivity contribution in [1.29, 1.82) is 0 Å². The van der Waals surface area contributed by atoms with Crippen LogP contribution in [-0.4, -0.2) is 36.3 Å². The van der Waals surface area contributed by atoms with Gasteiger partial charge in [0.1, 0.15) is 5.75 Å². The van der Waals surface area contributed by atoms with E-state index < -0.39 is 0 Å². The van der Waals surface area contributed by atoms with Crippen LogP contribution in [0.1, 0.15) is 18.9 Å². The molecule has 1 heterocycles. The third kappa shape index (κ3) is 3.34. The van der Waals surface area contributed by atoms with Crippen molar-refractivity contribution in [3.63, 3.8) is 0 Å². The van der Waals surface area contributed by atoms with Crippen LogP contribution in [0.2, 0.25) is 0 Å². The van der Waals surface area contributed by atoms with Crippen molar-refractivity contribution in [3.8, 4) is 5.75 Å². The van der Waals surface area contributed by atoms with Crippen LogP contribution in [0.15, 0.2) is 35.9 Å². The normalized spacial score (nSPS) is 18.3. The maximum absolute atomic E-state index is 9.62. The number of rotatable bonds is 4. The van der Waals surface area contributed by atoms with Crippen LogP contribution >= 0.6 is 0 Å². The second kappa shape index (κ2) is 6.03. The summed E-state index contributed by atoms with van der Waals surface area (Å²) in [7, 11) is 1.68. The second-order valence-corrected chi connectivity index (χ2v) is 4.80. The molecule has 1 N–H and O–H groups in total. The molecular weight excluding hydrogens is 226 g/mol. The minimum atomic E-state index is -0.330. The molecule has 1 atom stereocenters. The SMILES string of the molecule is COc1ccc(CN2CCC=C(C(C)O)C2)cc1. The van der Waals surface area contributed by atoms with Crippen molar-refractivity contribution in [2.24, 2.45) is 0 Å². The highest BCUT2D eigenvalue weighted by Crippen LogP contribution is 2.17. The zero-order valence-electron chi connectivity index (χ0n) is 11.1. The quantitative estimate of drug-likeness (QED) is 0.828. The number of methoxy groups -OCH3 is 1. The molecule has 1 aliphatic heterocycles. The summed E-state index contributed by atoms with van der Waals surface area (Å²) in [6.45, 7) is 4.68. The van der Waals surface area contributed by atoms with Gasteiger partial charge in [0.05, 0.1) is 13.2 Å². The molecule has 0 aliphatic carbocycles. The molecule has 1 unspecified atom stereocenters. The Bertz CT molecular complexity index is 409. The average molecular weight is 247 g/mol. The largest absolute Gasteiger partial charge is 0.497 e. The highest BCUT2D eigenvalue weighted by molar-refractivity contribution is 5.27. The van der Waals surface area contributed by atoms with Crippen molar-refractivity contribution < 1.29 is 9.84 Å². The highest BCUT2D eigenvalue weighted by Gasteiger charge is 2.15. The molecule has 0 radical (unpaired) electrons. The van der Waals surface area contributed by atoms with E-state index in [1.54, 1.807) is 7.11 Å². The van der Waals surface area contributed by atoms with Gasteiger partial charge < -0.3 is 9.84 Å². The average Bonchev–Trinajstić information content (AvgIpc) is 2.40. The minimum Gasteiger partial charge on any atom is -0.497 e. The molecule has 2 rings (SSSR count). The fourth-order valence-electron chi connectivity index (χ4n) is 2.26. The molecule has 0 saturated carbocycles. The third-order valence-corrected chi connectivity index (χ3v) is 3.36. The van der Waals surface area contributed by atoms with Gasteiger partial charge >= 0.3 is 0 Å². The van der Waals surface area contributed by atoms with Gasteiger partial charge in [0.25, 0.3) is 0 Å². The van der Waals surface area contributed by atoms with Crippen molar-refractivity contribution in [3.05, 3.63) is 41.5 Å². The first-order chi connectivity index (χ1) is 8.69. The zero-order valence-corrected chi connectivity index (χ0v) is 11.1. The van der Waals surface area contributed by atoms with E-state index in [1.165, 1.54) is 5.56 Å². The Morgan fingerprint density at radius 1 is 1.33 bits per heavy atom. The molecule has 3 nitrogen and oxygen atoms in total. The molecule has 1 aromatic rings. The Kier molecular flexibility index (Phi) is 4.39. The Hall–Kier alpha value is -1.32. The summed E-state index contributed by atoms with van der Waals surface area (Å²) in [5, 5.41) is 9.62. The highest BCUT2D eigenvalue weighted by atomic mass is 16.5. The molecule has 0 fully saturated rings. The van der Waals surface area contributed by atoms with Crippen LogP contribution in [-0.2, 0) is 6.54 Å². The molecule has 0 aromatic heterocycles. The monoisotopic (exact) mass is 247 g/mol. The first-order valence-corrected chi connectivity index (χ1v) is 6.41. The smallest absolute Gasteiger partial charge is 0.118 e. The number of hydrogen-bond acceptors (Lipinski definition) is 3. The van der Waals surface area contributed by atoms with Crippen LogP contribution in [0.25, 0.3) is 0 Å². The van der Waals surface area contributed by atoms with Crippen LogP contribution < -0.4 is 4.74 Å². The summed E-state index contributed by atoms with van der Waals surface area (Å²) in [6.07, 6.45) is 2.86. The minimum absolute atomic E-state index is 0.330. The maximum atomic E-state index is 9.62. The first-order valence-electron chi connectivity index (χ1n) is 6.41. The molecule has 3 heteroatoms. The van der Waals surface area contributed by atoms with Gasteiger partial charge in [0.2, 0.25) is 0 Å². The number of hydrogen-bond donors (Lipinski definition) is 1. The fraction of sp³-hybridized carbons (Fsp3) is 0.467. The number of ether oxygens (including phenoxy) is 1. The summed E-state index contributed by atoms with van der Waals surface area (Å²) in [5.41, 5.74) is 2.41. The Morgan fingerprint density at radius 2 is 2.06 bits per heavy atom. The van der Waals surface area contributed by atoms with Crippen molar-refractivity contribution in [1.82, 2.24) is 4.90 Å². The zero-order chi connectivity index (χ0) is 13.0. The van der Waals surface area contributed by atoms with E-state index in [-0.39, 0.29) is 6.10 Å². The summed E-state index contributed by atoms with van der Waals surface area (Å²) in [5.74, 6) is 0.891. The summed E-state index contributed by atoms with van der Waals surface area (Å²) in [4.78, 5) is 2.36. The number of aliphatic hydroxyl groups is 1. The third-order valence-electron chi connectivity index (χ3n) is 3.36. The van der Waals surface area contributed by atoms with Crippen molar-refractivity contribution in [2.45, 2.75) is 26.0 Å². The Balaban J connectivity index is 1.95. The number of benzene rings is 1. The van der Waals surface area contributed by atoms with Crippen LogP contribution in [0.4, 0.5) is 0 Å². The van der Waals surface area contributed by atoms with E-state index in [0.29, 0.717) is 0 Å². The molecule has 0 saturated heterocycles. The first kappa shape index (κ1) is 13.1. The van der Waals surface area contributed by atoms with Gasteiger partial charge in [0, 0.05) is 19.6 Å². The molecule has 18 heavy (non-hydrogen) atoms. The van der Waals surface area contributed by atoms with E-state index in [2.05, 4.69) is 23.1 Å². The van der Waals surface area contributed by atoms with Crippen LogP contribution in [0.3, 0.4) is 0 Å². The molecule has 1 aromatic carbocycles. The van der Waals surface area contributed by atoms with Gasteiger partial charge in [-0.05, 0) is 36.6 Å². The fourth-order valence-corrected chi connectivity index (χ4v) is 2.26. The maximum Gasteiger partial charge on any atom is 0.118 e. The van der Waals surface area contributed by atoms with Crippen LogP contribution in [0, 0.1) is 0 Å². The lowest BCUT2D eigenvalue weighted by Gasteiger charge is -2.28. The Labute approximate surface area is 109 Å². The predicted molar refractivity (Wildman–Crippen MR) is 72.7 cm³/mol. The van der Waals surface area contributed by atoms with Crippen molar-refractivity contribution >= 4 is 0 Å². The molecule has 0 amide bonds. The number of nitrogens with zero attached hydrogens (tertiary/aromatic N) is 1. The van der Waals surface area contributed by atoms with E-state index in [1.807, 2.05) is 19.1 Å². The van der Waals surface area contributed by atoms with Gasteiger partial charge in [-0.2, -0.15) is 0 Å². The van der Waals surface area contributed by atoms with Gasteiger partial charge in [-0.25, -0.2) is 0 Å². The lowest BCUT2D eigenvalue weighted by molar-refractivity contribution is 0.197. The van der Waals surface area contributed by atoms with Gasteiger partial charge in [0.15, 0.2) is 0 Å². The Morgan fingerprint density at radius 3 is 2.67 bits per heavy atom. The summed E-state index contributed by atoms with van der Waals surface area (Å²) >= 11 is 0. The molecule has 0 bridgehead atoms. The van der Waals surface area contributed by atoms with Gasteiger partial charge in [-0.1, -0.05) is 18.2 Å². The summed E-state index contributed by atoms with van der Waals surface area (Å²) in [6, 6.07) is 8.17. The molecule has 98 valence electrons. The van der Waals surface area contributed by atoms with Gasteiger partial charge in [-0.3, -0.25) is 4.90 Å². The lowest BCUT2D eigenvalue weighted by atomic mass is 10.0. The number of aliphatic hydroxyl groups excluding tert-OH is 1. The standard InChI is InChI=1S/C15H21NO2/c1-12(17)14-4-3-9-16(11-14)10-13-5-7-15(18-2)8-6-13/h4-8,12,17H,3,9-11H2,1-2H3. The molecule has 1 aliphatic rings. The lowest BCUT2D eigenvalue weighted by Crippen LogP contribution is -2.32. The predicted octanol–water partition coefficient (Wildman–Crippen LogP) is 2.21. The van der Waals surface area contributed by atoms with E-state index in [0.717, 1.165) is 37.4 Å². The topological polar surface area (TPSA) is 32.7 Å². The van der Waals surface area contributed by atoms with E-state index >= 15 is 0 Å². The molecular formula is C15H21NO2.